The van der Waals surface area contributed by atoms with E-state index in [1.54, 1.807) is 0 Å². The van der Waals surface area contributed by atoms with E-state index in [1.807, 2.05) is 6.07 Å². The van der Waals surface area contributed by atoms with Crippen molar-refractivity contribution in [2.45, 2.75) is 0 Å². The molecule has 10 rings (SSSR count). The van der Waals surface area contributed by atoms with E-state index < -0.39 is 0 Å². The van der Waals surface area contributed by atoms with E-state index >= 15 is 0 Å². The number of rotatable bonds is 3. The first-order chi connectivity index (χ1) is 23.3. The van der Waals surface area contributed by atoms with Gasteiger partial charge >= 0.3 is 0 Å². The molecule has 47 heavy (non-hydrogen) atoms. The summed E-state index contributed by atoms with van der Waals surface area (Å²) >= 11 is 0. The second-order valence-electron chi connectivity index (χ2n) is 12.2. The first-order valence-electron chi connectivity index (χ1n) is 16.0. The number of hydrogen-bond acceptors (Lipinski definition) is 2. The summed E-state index contributed by atoms with van der Waals surface area (Å²) in [7, 11) is 0. The van der Waals surface area contributed by atoms with E-state index in [9.17, 15) is 0 Å². The van der Waals surface area contributed by atoms with E-state index in [4.69, 9.17) is 9.97 Å². The molecule has 0 bridgehead atoms. The molecule has 0 atom stereocenters. The normalized spacial score (nSPS) is 11.8. The molecule has 3 nitrogen and oxygen atoms in total. The lowest BCUT2D eigenvalue weighted by atomic mass is 9.93. The standard InChI is InChI=1S/C44H27N3/c1-2-12-28(13-3-1)40-27-41(31-22-23-36-34-18-7-6-16-32(34)33-17-8-9-19-35(33)38(36)25-31)46-44(45-40)47-42-21-11-10-20-37(42)39-24-29-14-4-5-15-30(29)26-43(39)47/h1-27H. The van der Waals surface area contributed by atoms with Crippen LogP contribution < -0.4 is 0 Å². The summed E-state index contributed by atoms with van der Waals surface area (Å²) in [5.41, 5.74) is 6.08. The molecule has 218 valence electrons. The minimum absolute atomic E-state index is 0.659. The molecule has 8 aromatic carbocycles. The van der Waals surface area contributed by atoms with Gasteiger partial charge in [0.1, 0.15) is 0 Å². The second-order valence-corrected chi connectivity index (χ2v) is 12.2. The molecular weight excluding hydrogens is 571 g/mol. The van der Waals surface area contributed by atoms with Crippen LogP contribution in [0.15, 0.2) is 164 Å². The highest BCUT2D eigenvalue weighted by atomic mass is 15.2. The Bertz CT molecular complexity index is 2810. The van der Waals surface area contributed by atoms with Crippen LogP contribution in [0.25, 0.3) is 93.4 Å². The zero-order valence-electron chi connectivity index (χ0n) is 25.4. The van der Waals surface area contributed by atoms with Gasteiger partial charge < -0.3 is 0 Å². The third kappa shape index (κ3) is 4.00. The molecule has 0 radical (unpaired) electrons. The monoisotopic (exact) mass is 597 g/mol. The maximum Gasteiger partial charge on any atom is 0.235 e. The Hall–Kier alpha value is -6.32. The number of aromatic nitrogens is 3. The number of hydrogen-bond donors (Lipinski definition) is 0. The lowest BCUT2D eigenvalue weighted by Crippen LogP contribution is -2.04. The molecule has 0 saturated heterocycles. The van der Waals surface area contributed by atoms with Crippen molar-refractivity contribution in [1.29, 1.82) is 0 Å². The Morgan fingerprint density at radius 2 is 0.851 bits per heavy atom. The molecule has 0 fully saturated rings. The molecule has 0 aliphatic carbocycles. The van der Waals surface area contributed by atoms with Crippen LogP contribution in [0, 0.1) is 0 Å². The minimum atomic E-state index is 0.659. The Labute approximate surface area is 271 Å². The summed E-state index contributed by atoms with van der Waals surface area (Å²) in [6.45, 7) is 0. The molecule has 2 heterocycles. The SMILES string of the molecule is c1ccc(-c2cc(-c3ccc4c5ccccc5c5ccccc5c4c3)nc(-n3c4ccccc4c4cc5ccccc5cc43)n2)cc1. The van der Waals surface area contributed by atoms with E-state index in [1.165, 1.54) is 53.9 Å². The van der Waals surface area contributed by atoms with Crippen LogP contribution in [0.2, 0.25) is 0 Å². The number of nitrogens with zero attached hydrogens (tertiary/aromatic N) is 3. The summed E-state index contributed by atoms with van der Waals surface area (Å²) in [4.78, 5) is 10.6. The molecule has 0 unspecified atom stereocenters. The zero-order chi connectivity index (χ0) is 30.9. The largest absolute Gasteiger partial charge is 0.278 e. The van der Waals surface area contributed by atoms with Crippen LogP contribution in [0.5, 0.6) is 0 Å². The van der Waals surface area contributed by atoms with E-state index in [0.717, 1.165) is 33.5 Å². The van der Waals surface area contributed by atoms with Crippen LogP contribution in [-0.4, -0.2) is 14.5 Å². The van der Waals surface area contributed by atoms with E-state index in [0.29, 0.717) is 5.95 Å². The van der Waals surface area contributed by atoms with Crippen LogP contribution in [0.3, 0.4) is 0 Å². The van der Waals surface area contributed by atoms with Gasteiger partial charge in [-0.05, 0) is 73.4 Å². The van der Waals surface area contributed by atoms with Crippen molar-refractivity contribution < 1.29 is 0 Å². The Kier molecular flexibility index (Phi) is 5.57. The second kappa shape index (κ2) is 10.1. The summed E-state index contributed by atoms with van der Waals surface area (Å²) in [5, 5.41) is 12.3. The smallest absolute Gasteiger partial charge is 0.235 e. The maximum absolute atomic E-state index is 5.35. The highest BCUT2D eigenvalue weighted by Gasteiger charge is 2.18. The van der Waals surface area contributed by atoms with E-state index in [-0.39, 0.29) is 0 Å². The summed E-state index contributed by atoms with van der Waals surface area (Å²) in [5.74, 6) is 0.659. The van der Waals surface area contributed by atoms with Gasteiger partial charge in [-0.3, -0.25) is 4.57 Å². The van der Waals surface area contributed by atoms with Crippen molar-refractivity contribution in [2.24, 2.45) is 0 Å². The maximum atomic E-state index is 5.35. The average molecular weight is 598 g/mol. The van der Waals surface area contributed by atoms with Gasteiger partial charge in [-0.2, -0.15) is 0 Å². The van der Waals surface area contributed by atoms with Gasteiger partial charge in [0.25, 0.3) is 0 Å². The number of para-hydroxylation sites is 1. The van der Waals surface area contributed by atoms with Crippen LogP contribution in [-0.2, 0) is 0 Å². The Morgan fingerprint density at radius 3 is 1.55 bits per heavy atom. The van der Waals surface area contributed by atoms with Crippen LogP contribution >= 0.6 is 0 Å². The van der Waals surface area contributed by atoms with Gasteiger partial charge in [0.15, 0.2) is 0 Å². The third-order valence-electron chi connectivity index (χ3n) is 9.56. The van der Waals surface area contributed by atoms with Gasteiger partial charge in [-0.1, -0.05) is 133 Å². The van der Waals surface area contributed by atoms with Gasteiger partial charge in [0, 0.05) is 21.9 Å². The Balaban J connectivity index is 1.28. The number of benzene rings is 8. The van der Waals surface area contributed by atoms with Crippen molar-refractivity contribution in [1.82, 2.24) is 14.5 Å². The predicted molar refractivity (Wildman–Crippen MR) is 197 cm³/mol. The van der Waals surface area contributed by atoms with Crippen molar-refractivity contribution in [2.75, 3.05) is 0 Å². The molecule has 3 heteroatoms. The molecule has 0 saturated carbocycles. The van der Waals surface area contributed by atoms with Gasteiger partial charge in [-0.15, -0.1) is 0 Å². The van der Waals surface area contributed by atoms with Crippen molar-refractivity contribution in [3.05, 3.63) is 164 Å². The summed E-state index contributed by atoms with van der Waals surface area (Å²) < 4.78 is 2.23. The van der Waals surface area contributed by atoms with Crippen molar-refractivity contribution >= 4 is 64.9 Å². The fraction of sp³-hybridized carbons (Fsp3) is 0. The molecule has 0 amide bonds. The molecule has 10 aromatic rings. The molecule has 0 spiro atoms. The van der Waals surface area contributed by atoms with Crippen molar-refractivity contribution in [3.8, 4) is 28.5 Å². The first-order valence-corrected chi connectivity index (χ1v) is 16.0. The predicted octanol–water partition coefficient (Wildman–Crippen LogP) is 11.5. The number of fused-ring (bicyclic) bond motifs is 10. The molecular formula is C44H27N3. The topological polar surface area (TPSA) is 30.7 Å². The van der Waals surface area contributed by atoms with Gasteiger partial charge in [-0.25, -0.2) is 9.97 Å². The summed E-state index contributed by atoms with van der Waals surface area (Å²) in [6.07, 6.45) is 0. The van der Waals surface area contributed by atoms with Gasteiger partial charge in [0.05, 0.1) is 22.4 Å². The molecule has 0 aliphatic rings. The molecule has 0 N–H and O–H groups in total. The van der Waals surface area contributed by atoms with E-state index in [2.05, 4.69) is 162 Å². The van der Waals surface area contributed by atoms with Crippen molar-refractivity contribution in [3.63, 3.8) is 0 Å². The zero-order valence-corrected chi connectivity index (χ0v) is 25.4. The molecule has 0 aliphatic heterocycles. The fourth-order valence-electron chi connectivity index (χ4n) is 7.38. The third-order valence-corrected chi connectivity index (χ3v) is 9.56. The van der Waals surface area contributed by atoms with Crippen LogP contribution in [0.1, 0.15) is 0 Å². The molecule has 2 aromatic heterocycles. The lowest BCUT2D eigenvalue weighted by molar-refractivity contribution is 0.996. The minimum Gasteiger partial charge on any atom is -0.278 e. The first kappa shape index (κ1) is 26.0. The highest BCUT2D eigenvalue weighted by molar-refractivity contribution is 6.25. The highest BCUT2D eigenvalue weighted by Crippen LogP contribution is 2.39. The quantitative estimate of drug-likeness (QED) is 0.190. The summed E-state index contributed by atoms with van der Waals surface area (Å²) in [6, 6.07) is 58.4. The van der Waals surface area contributed by atoms with Gasteiger partial charge in [0.2, 0.25) is 5.95 Å². The van der Waals surface area contributed by atoms with Crippen LogP contribution in [0.4, 0.5) is 0 Å². The average Bonchev–Trinajstić information content (AvgIpc) is 3.47. The lowest BCUT2D eigenvalue weighted by Gasteiger charge is -2.14. The fourth-order valence-corrected chi connectivity index (χ4v) is 7.38. The Morgan fingerprint density at radius 1 is 0.319 bits per heavy atom.